The summed E-state index contributed by atoms with van der Waals surface area (Å²) in [6.07, 6.45) is 0.972. The number of piperazine rings is 1. The second-order valence-corrected chi connectivity index (χ2v) is 8.26. The summed E-state index contributed by atoms with van der Waals surface area (Å²) in [6, 6.07) is 15.0. The molecule has 2 aromatic carbocycles. The number of hydrogen-bond acceptors (Lipinski definition) is 7. The first-order valence-electron chi connectivity index (χ1n) is 11.8. The smallest absolute Gasteiger partial charge is 0.227 e. The lowest BCUT2D eigenvalue weighted by Gasteiger charge is -2.35. The summed E-state index contributed by atoms with van der Waals surface area (Å²) in [5, 5.41) is 4.02. The van der Waals surface area contributed by atoms with Crippen molar-refractivity contribution >= 4 is 11.8 Å². The second kappa shape index (κ2) is 11.5. The first-order valence-corrected chi connectivity index (χ1v) is 11.8. The molecule has 0 N–H and O–H groups in total. The Labute approximate surface area is 204 Å². The highest BCUT2D eigenvalue weighted by molar-refractivity contribution is 5.80. The van der Waals surface area contributed by atoms with Crippen LogP contribution in [0.5, 0.6) is 11.5 Å². The summed E-state index contributed by atoms with van der Waals surface area (Å²) in [7, 11) is 1.61. The Hall–Kier alpha value is -3.88. The molecule has 2 amide bonds. The van der Waals surface area contributed by atoms with Gasteiger partial charge in [0.05, 0.1) is 20.1 Å². The van der Waals surface area contributed by atoms with Gasteiger partial charge >= 0.3 is 0 Å². The van der Waals surface area contributed by atoms with Crippen LogP contribution in [-0.2, 0) is 22.4 Å². The van der Waals surface area contributed by atoms with E-state index in [0.29, 0.717) is 57.3 Å². The van der Waals surface area contributed by atoms with Gasteiger partial charge in [-0.2, -0.15) is 4.98 Å². The van der Waals surface area contributed by atoms with Gasteiger partial charge in [-0.15, -0.1) is 0 Å². The Morgan fingerprint density at radius 2 is 1.69 bits per heavy atom. The van der Waals surface area contributed by atoms with Crippen LogP contribution in [-0.4, -0.2) is 71.7 Å². The summed E-state index contributed by atoms with van der Waals surface area (Å²) in [5.41, 5.74) is 1.74. The fourth-order valence-electron chi connectivity index (χ4n) is 3.99. The summed E-state index contributed by atoms with van der Waals surface area (Å²) < 4.78 is 16.0. The molecule has 184 valence electrons. The third kappa shape index (κ3) is 6.38. The van der Waals surface area contributed by atoms with E-state index in [9.17, 15) is 9.59 Å². The van der Waals surface area contributed by atoms with Crippen LogP contribution in [0, 0.1) is 0 Å². The maximum atomic E-state index is 12.7. The van der Waals surface area contributed by atoms with Crippen LogP contribution in [0.15, 0.2) is 53.1 Å². The van der Waals surface area contributed by atoms with Crippen LogP contribution in [0.25, 0.3) is 11.4 Å². The SMILES string of the molecule is CCOc1ccc(-c2noc(CCC(=O)N3CCN(C(=O)Cc4cccc(OC)c4)CC3)n2)cc1. The standard InChI is InChI=1S/C26H30N4O5/c1-3-34-21-9-7-20(8-10-21)26-27-23(35-28-26)11-12-24(31)29-13-15-30(16-14-29)25(32)18-19-5-4-6-22(17-19)33-2/h4-10,17H,3,11-16,18H2,1-2H3. The molecule has 3 aromatic rings. The number of carbonyl (C=O) groups is 2. The summed E-state index contributed by atoms with van der Waals surface area (Å²) in [4.78, 5) is 33.4. The molecule has 1 aromatic heterocycles. The van der Waals surface area contributed by atoms with Crippen molar-refractivity contribution in [1.82, 2.24) is 19.9 Å². The van der Waals surface area contributed by atoms with Crippen molar-refractivity contribution in [2.45, 2.75) is 26.2 Å². The Balaban J connectivity index is 1.22. The van der Waals surface area contributed by atoms with Gasteiger partial charge in [0, 0.05) is 44.6 Å². The maximum Gasteiger partial charge on any atom is 0.227 e. The highest BCUT2D eigenvalue weighted by Crippen LogP contribution is 2.20. The molecule has 0 spiro atoms. The number of aryl methyl sites for hydroxylation is 1. The van der Waals surface area contributed by atoms with E-state index in [1.165, 1.54) is 0 Å². The van der Waals surface area contributed by atoms with Crippen LogP contribution in [0.1, 0.15) is 24.8 Å². The van der Waals surface area contributed by atoms with E-state index in [1.807, 2.05) is 60.4 Å². The Kier molecular flexibility index (Phi) is 7.97. The van der Waals surface area contributed by atoms with Crippen LogP contribution < -0.4 is 9.47 Å². The fraction of sp³-hybridized carbons (Fsp3) is 0.385. The van der Waals surface area contributed by atoms with Gasteiger partial charge in [0.2, 0.25) is 23.5 Å². The molecular formula is C26H30N4O5. The van der Waals surface area contributed by atoms with Gasteiger partial charge in [-0.05, 0) is 48.9 Å². The third-order valence-corrected chi connectivity index (χ3v) is 5.92. The van der Waals surface area contributed by atoms with Gasteiger partial charge in [0.15, 0.2) is 0 Å². The van der Waals surface area contributed by atoms with Crippen LogP contribution in [0.3, 0.4) is 0 Å². The highest BCUT2D eigenvalue weighted by atomic mass is 16.5. The van der Waals surface area contributed by atoms with Crippen LogP contribution in [0.4, 0.5) is 0 Å². The zero-order valence-corrected chi connectivity index (χ0v) is 20.1. The van der Waals surface area contributed by atoms with E-state index in [4.69, 9.17) is 14.0 Å². The first-order chi connectivity index (χ1) is 17.1. The Morgan fingerprint density at radius 3 is 2.37 bits per heavy atom. The van der Waals surface area contributed by atoms with Crippen molar-refractivity contribution in [3.63, 3.8) is 0 Å². The minimum atomic E-state index is 0.0192. The highest BCUT2D eigenvalue weighted by Gasteiger charge is 2.24. The molecule has 1 saturated heterocycles. The molecule has 1 aliphatic heterocycles. The predicted octanol–water partition coefficient (Wildman–Crippen LogP) is 2.99. The lowest BCUT2D eigenvalue weighted by atomic mass is 10.1. The predicted molar refractivity (Wildman–Crippen MR) is 129 cm³/mol. The number of amides is 2. The molecule has 0 bridgehead atoms. The van der Waals surface area contributed by atoms with Crippen molar-refractivity contribution < 1.29 is 23.6 Å². The van der Waals surface area contributed by atoms with Gasteiger partial charge < -0.3 is 23.8 Å². The molecule has 9 heteroatoms. The van der Waals surface area contributed by atoms with Gasteiger partial charge in [0.1, 0.15) is 11.5 Å². The summed E-state index contributed by atoms with van der Waals surface area (Å²) in [5.74, 6) is 2.50. The van der Waals surface area contributed by atoms with E-state index in [0.717, 1.165) is 22.6 Å². The van der Waals surface area contributed by atoms with Crippen LogP contribution in [0.2, 0.25) is 0 Å². The van der Waals surface area contributed by atoms with E-state index in [1.54, 1.807) is 12.0 Å². The normalized spacial score (nSPS) is 13.5. The van der Waals surface area contributed by atoms with Crippen molar-refractivity contribution in [3.05, 3.63) is 60.0 Å². The lowest BCUT2D eigenvalue weighted by molar-refractivity contribution is -0.139. The number of aromatic nitrogens is 2. The van der Waals surface area contributed by atoms with Gasteiger partial charge in [-0.1, -0.05) is 17.3 Å². The average Bonchev–Trinajstić information content (AvgIpc) is 3.37. The van der Waals surface area contributed by atoms with Gasteiger partial charge in [-0.3, -0.25) is 9.59 Å². The number of methoxy groups -OCH3 is 1. The average molecular weight is 479 g/mol. The number of carbonyl (C=O) groups excluding carboxylic acids is 2. The zero-order valence-electron chi connectivity index (χ0n) is 20.1. The largest absolute Gasteiger partial charge is 0.497 e. The molecule has 0 atom stereocenters. The van der Waals surface area contributed by atoms with Gasteiger partial charge in [-0.25, -0.2) is 0 Å². The minimum Gasteiger partial charge on any atom is -0.497 e. The summed E-state index contributed by atoms with van der Waals surface area (Å²) in [6.45, 7) is 4.63. The molecule has 35 heavy (non-hydrogen) atoms. The maximum absolute atomic E-state index is 12.7. The van der Waals surface area contributed by atoms with Crippen molar-refractivity contribution in [3.8, 4) is 22.9 Å². The van der Waals surface area contributed by atoms with Crippen molar-refractivity contribution in [2.24, 2.45) is 0 Å². The lowest BCUT2D eigenvalue weighted by Crippen LogP contribution is -2.51. The molecule has 0 radical (unpaired) electrons. The van der Waals surface area contributed by atoms with Gasteiger partial charge in [0.25, 0.3) is 0 Å². The molecule has 1 aliphatic rings. The molecule has 0 saturated carbocycles. The number of ether oxygens (including phenoxy) is 2. The topological polar surface area (TPSA) is 98.0 Å². The zero-order chi connectivity index (χ0) is 24.6. The fourth-order valence-corrected chi connectivity index (χ4v) is 3.99. The quantitative estimate of drug-likeness (QED) is 0.466. The van der Waals surface area contributed by atoms with Crippen molar-refractivity contribution in [2.75, 3.05) is 39.9 Å². The van der Waals surface area contributed by atoms with E-state index in [-0.39, 0.29) is 18.2 Å². The molecule has 4 rings (SSSR count). The monoisotopic (exact) mass is 478 g/mol. The minimum absolute atomic E-state index is 0.0192. The second-order valence-electron chi connectivity index (χ2n) is 8.26. The number of benzene rings is 2. The molecular weight excluding hydrogens is 448 g/mol. The molecule has 0 unspecified atom stereocenters. The molecule has 0 aliphatic carbocycles. The molecule has 1 fully saturated rings. The number of hydrogen-bond donors (Lipinski definition) is 0. The molecule has 2 heterocycles. The number of rotatable bonds is 9. The van der Waals surface area contributed by atoms with E-state index < -0.39 is 0 Å². The Morgan fingerprint density at radius 1 is 0.971 bits per heavy atom. The van der Waals surface area contributed by atoms with Crippen LogP contribution >= 0.6 is 0 Å². The number of nitrogens with zero attached hydrogens (tertiary/aromatic N) is 4. The third-order valence-electron chi connectivity index (χ3n) is 5.92. The molecule has 9 nitrogen and oxygen atoms in total. The van der Waals surface area contributed by atoms with Crippen molar-refractivity contribution in [1.29, 1.82) is 0 Å². The van der Waals surface area contributed by atoms with E-state index in [2.05, 4.69) is 10.1 Å². The van der Waals surface area contributed by atoms with E-state index >= 15 is 0 Å². The summed E-state index contributed by atoms with van der Waals surface area (Å²) >= 11 is 0. The first kappa shape index (κ1) is 24.3. The Bertz CT molecular complexity index is 1140.